The molecule has 1 aromatic rings. The van der Waals surface area contributed by atoms with Crippen LogP contribution >= 0.6 is 0 Å². The van der Waals surface area contributed by atoms with Crippen LogP contribution in [0, 0.1) is 6.92 Å². The monoisotopic (exact) mass is 406 g/mol. The molecular weight excluding hydrogens is 377 g/mol. The molecule has 0 aromatic heterocycles. The van der Waals surface area contributed by atoms with Crippen LogP contribution in [-0.4, -0.2) is 42.3 Å². The Morgan fingerprint density at radius 3 is 0.941 bits per heavy atom. The smallest absolute Gasteiger partial charge is 0 e. The minimum absolute atomic E-state index is 0. The van der Waals surface area contributed by atoms with Crippen molar-refractivity contribution in [1.82, 2.24) is 0 Å². The first-order valence-electron chi connectivity index (χ1n) is 5.06. The molecule has 0 bridgehead atoms. The SMILES string of the molecule is C[N-]C.C[N-]C.C[N-]C.[CH2-]C.[Hf].c1cc[cH-]c1. The molecule has 4 heteroatoms. The van der Waals surface area contributed by atoms with Crippen molar-refractivity contribution in [2.24, 2.45) is 0 Å². The zero-order valence-corrected chi connectivity index (χ0v) is 16.0. The first kappa shape index (κ1) is 30.3. The van der Waals surface area contributed by atoms with E-state index in [2.05, 4.69) is 22.9 Å². The Morgan fingerprint density at radius 2 is 0.882 bits per heavy atom. The summed E-state index contributed by atoms with van der Waals surface area (Å²) in [6.07, 6.45) is 0. The molecule has 3 nitrogen and oxygen atoms in total. The molecule has 104 valence electrons. The molecule has 0 aliphatic carbocycles. The van der Waals surface area contributed by atoms with E-state index in [1.807, 2.05) is 30.3 Å². The van der Waals surface area contributed by atoms with Crippen LogP contribution in [0.5, 0.6) is 0 Å². The Hall–Kier alpha value is 0.100. The van der Waals surface area contributed by atoms with Crippen molar-refractivity contribution in [3.05, 3.63) is 53.2 Å². The van der Waals surface area contributed by atoms with Gasteiger partial charge in [-0.15, -0.1) is 0 Å². The van der Waals surface area contributed by atoms with E-state index in [0.717, 1.165) is 0 Å². The van der Waals surface area contributed by atoms with Crippen LogP contribution in [-0.2, 0) is 25.8 Å². The van der Waals surface area contributed by atoms with Gasteiger partial charge in [0.2, 0.25) is 0 Å². The Balaban J connectivity index is -0.0000000365. The number of nitrogens with zero attached hydrogens (tertiary/aromatic N) is 3. The van der Waals surface area contributed by atoms with Gasteiger partial charge in [-0.05, 0) is 0 Å². The largest absolute Gasteiger partial charge is 0.668 e. The van der Waals surface area contributed by atoms with Gasteiger partial charge in [-0.25, -0.2) is 12.1 Å². The summed E-state index contributed by atoms with van der Waals surface area (Å²) in [4.78, 5) is 0. The van der Waals surface area contributed by atoms with Crippen LogP contribution in [0.15, 0.2) is 30.3 Å². The van der Waals surface area contributed by atoms with Crippen molar-refractivity contribution in [2.45, 2.75) is 6.92 Å². The summed E-state index contributed by atoms with van der Waals surface area (Å²) >= 11 is 0. The summed E-state index contributed by atoms with van der Waals surface area (Å²) in [6, 6.07) is 10.0. The van der Waals surface area contributed by atoms with E-state index < -0.39 is 0 Å². The molecule has 0 saturated carbocycles. The summed E-state index contributed by atoms with van der Waals surface area (Å²) in [5.41, 5.74) is 0. The van der Waals surface area contributed by atoms with E-state index in [4.69, 9.17) is 0 Å². The molecular formula is C13H28HfN3-5. The van der Waals surface area contributed by atoms with Gasteiger partial charge >= 0.3 is 0 Å². The van der Waals surface area contributed by atoms with Crippen molar-refractivity contribution in [1.29, 1.82) is 0 Å². The van der Waals surface area contributed by atoms with Gasteiger partial charge in [-0.2, -0.15) is 67.4 Å². The molecule has 0 radical (unpaired) electrons. The van der Waals surface area contributed by atoms with Crippen molar-refractivity contribution in [3.63, 3.8) is 0 Å². The minimum Gasteiger partial charge on any atom is -0.668 e. The Morgan fingerprint density at radius 1 is 0.706 bits per heavy atom. The van der Waals surface area contributed by atoms with Gasteiger partial charge in [0, 0.05) is 25.8 Å². The zero-order valence-electron chi connectivity index (χ0n) is 12.4. The van der Waals surface area contributed by atoms with E-state index in [0.29, 0.717) is 0 Å². The fraction of sp³-hybridized carbons (Fsp3) is 0.538. The van der Waals surface area contributed by atoms with Crippen LogP contribution in [0.4, 0.5) is 0 Å². The maximum atomic E-state index is 3.50. The predicted molar refractivity (Wildman–Crippen MR) is 78.7 cm³/mol. The van der Waals surface area contributed by atoms with Crippen LogP contribution in [0.2, 0.25) is 0 Å². The van der Waals surface area contributed by atoms with Crippen LogP contribution in [0.1, 0.15) is 6.92 Å². The second kappa shape index (κ2) is 56.0. The van der Waals surface area contributed by atoms with Crippen molar-refractivity contribution < 1.29 is 25.8 Å². The average molecular weight is 405 g/mol. The molecule has 0 heterocycles. The summed E-state index contributed by atoms with van der Waals surface area (Å²) in [7, 11) is 10.5. The normalized spacial score (nSPS) is 5.88. The fourth-order valence-corrected chi connectivity index (χ4v) is 0.321. The molecule has 0 atom stereocenters. The van der Waals surface area contributed by atoms with Gasteiger partial charge in [0.15, 0.2) is 0 Å². The van der Waals surface area contributed by atoms with E-state index in [9.17, 15) is 0 Å². The molecule has 0 fully saturated rings. The van der Waals surface area contributed by atoms with Crippen molar-refractivity contribution in [3.8, 4) is 0 Å². The Kier molecular flexibility index (Phi) is 99.6. The van der Waals surface area contributed by atoms with Crippen LogP contribution in [0.25, 0.3) is 16.0 Å². The maximum Gasteiger partial charge on any atom is 0 e. The molecule has 0 N–H and O–H groups in total. The van der Waals surface area contributed by atoms with E-state index >= 15 is 0 Å². The topological polar surface area (TPSA) is 42.3 Å². The van der Waals surface area contributed by atoms with E-state index in [1.165, 1.54) is 0 Å². The van der Waals surface area contributed by atoms with Crippen LogP contribution in [0.3, 0.4) is 0 Å². The molecule has 0 aliphatic heterocycles. The average Bonchev–Trinajstić information content (AvgIpc) is 2.81. The summed E-state index contributed by atoms with van der Waals surface area (Å²) in [5.74, 6) is 0. The van der Waals surface area contributed by atoms with Gasteiger partial charge in [-0.3, -0.25) is 0 Å². The molecule has 0 unspecified atom stereocenters. The minimum atomic E-state index is 0. The van der Waals surface area contributed by atoms with Gasteiger partial charge in [0.25, 0.3) is 0 Å². The third-order valence-electron chi connectivity index (χ3n) is 0.556. The molecule has 0 spiro atoms. The first-order valence-corrected chi connectivity index (χ1v) is 5.06. The molecule has 1 rings (SSSR count). The van der Waals surface area contributed by atoms with Gasteiger partial charge in [0.1, 0.15) is 0 Å². The molecule has 0 amide bonds. The third kappa shape index (κ3) is 123. The van der Waals surface area contributed by atoms with Crippen molar-refractivity contribution >= 4 is 0 Å². The van der Waals surface area contributed by atoms with Crippen LogP contribution < -0.4 is 0 Å². The van der Waals surface area contributed by atoms with Crippen molar-refractivity contribution in [2.75, 3.05) is 42.3 Å². The van der Waals surface area contributed by atoms with Gasteiger partial charge < -0.3 is 22.9 Å². The number of hydrogen-bond donors (Lipinski definition) is 0. The fourth-order valence-electron chi connectivity index (χ4n) is 0.321. The second-order valence-corrected chi connectivity index (χ2v) is 2.30. The first-order chi connectivity index (χ1) is 7.74. The standard InChI is InChI=1S/C5H5.3C2H6N.C2H5.Hf/c1-2-4-5-3-1;3*1-3-2;1-2;/h1-5H;3*1-2H3;1H2,2H3;/q5*-1;. The zero-order chi connectivity index (χ0) is 13.7. The van der Waals surface area contributed by atoms with Gasteiger partial charge in [0.05, 0.1) is 0 Å². The van der Waals surface area contributed by atoms with E-state index in [1.54, 1.807) is 49.2 Å². The molecule has 1 aromatic carbocycles. The Bertz CT molecular complexity index is 100. The Labute approximate surface area is 128 Å². The summed E-state index contributed by atoms with van der Waals surface area (Å²) in [5, 5.41) is 10.5. The molecule has 0 saturated heterocycles. The van der Waals surface area contributed by atoms with E-state index in [-0.39, 0.29) is 25.8 Å². The third-order valence-corrected chi connectivity index (χ3v) is 0.556. The summed E-state index contributed by atoms with van der Waals surface area (Å²) in [6.45, 7) is 5.00. The number of rotatable bonds is 0. The second-order valence-electron chi connectivity index (χ2n) is 2.30. The molecule has 0 aliphatic rings. The summed E-state index contributed by atoms with van der Waals surface area (Å²) < 4.78 is 0. The number of hydrogen-bond acceptors (Lipinski definition) is 0. The maximum absolute atomic E-state index is 3.50. The van der Waals surface area contributed by atoms with Gasteiger partial charge in [-0.1, -0.05) is 0 Å². The quantitative estimate of drug-likeness (QED) is 0.461. The molecule has 17 heavy (non-hydrogen) atoms. The predicted octanol–water partition coefficient (Wildman–Crippen LogP) is 4.10.